The summed E-state index contributed by atoms with van der Waals surface area (Å²) in [5, 5.41) is 27.3. The number of nitrogens with zero attached hydrogens (tertiary/aromatic N) is 5. The molecule has 118 valence electrons. The molecule has 0 amide bonds. The topological polar surface area (TPSA) is 145 Å². The molecular weight excluding hydrogens is 326 g/mol. The second kappa shape index (κ2) is 5.93. The van der Waals surface area contributed by atoms with Crippen LogP contribution in [-0.2, 0) is 6.54 Å². The molecule has 3 aromatic rings. The van der Waals surface area contributed by atoms with Crippen molar-refractivity contribution >= 4 is 29.1 Å². The number of hydrogen-bond acceptors (Lipinski definition) is 8. The van der Waals surface area contributed by atoms with Crippen LogP contribution in [0, 0.1) is 0 Å². The van der Waals surface area contributed by atoms with Gasteiger partial charge in [-0.05, 0) is 34.6 Å². The first kappa shape index (κ1) is 14.8. The maximum absolute atomic E-state index is 11.3. The number of nitrogens with one attached hydrogen (secondary N) is 1. The van der Waals surface area contributed by atoms with E-state index in [1.165, 1.54) is 0 Å². The van der Waals surface area contributed by atoms with E-state index in [0.717, 1.165) is 10.4 Å². The molecule has 0 radical (unpaired) electrons. The van der Waals surface area contributed by atoms with Crippen molar-refractivity contribution in [2.75, 3.05) is 11.1 Å². The summed E-state index contributed by atoms with van der Waals surface area (Å²) in [5.74, 6) is -1.18. The van der Waals surface area contributed by atoms with Gasteiger partial charge < -0.3 is 16.2 Å². The third kappa shape index (κ3) is 2.92. The number of nitrogens with two attached hydrogens (primary N) is 1. The molecule has 23 heavy (non-hydrogen) atoms. The predicted molar refractivity (Wildman–Crippen MR) is 79.4 cm³/mol. The molecule has 1 aromatic carbocycles. The lowest BCUT2D eigenvalue weighted by Crippen LogP contribution is -2.12. The lowest BCUT2D eigenvalue weighted by atomic mass is 10.2. The maximum Gasteiger partial charge on any atom is 0.358 e. The highest BCUT2D eigenvalue weighted by atomic mass is 35.5. The fourth-order valence-electron chi connectivity index (χ4n) is 1.89. The van der Waals surface area contributed by atoms with E-state index in [9.17, 15) is 9.90 Å². The number of carboxylic acid groups (broad SMARTS) is 1. The molecule has 0 fully saturated rings. The second-order valence-corrected chi connectivity index (χ2v) is 4.87. The van der Waals surface area contributed by atoms with Crippen molar-refractivity contribution in [1.29, 1.82) is 0 Å². The number of benzene rings is 1. The Labute approximate surface area is 133 Å². The van der Waals surface area contributed by atoms with Gasteiger partial charge >= 0.3 is 5.97 Å². The predicted octanol–water partition coefficient (Wildman–Crippen LogP) is 1.20. The minimum absolute atomic E-state index is 0.0282. The number of rotatable bonds is 5. The molecule has 0 saturated heterocycles. The Hall–Kier alpha value is -3.14. The van der Waals surface area contributed by atoms with Gasteiger partial charge in [0.15, 0.2) is 5.69 Å². The standard InChI is InChI=1S/C12H10ClN7O3/c13-6-1-3-7(4-2-6)15-5-8-9(12(21)22)16-19-20(8)11-10(14)17-23-18-11/h1-4,15H,5H2,(H2,14,17)(H,21,22). The van der Waals surface area contributed by atoms with Crippen LogP contribution in [0.1, 0.15) is 16.2 Å². The van der Waals surface area contributed by atoms with Gasteiger partial charge in [-0.25, -0.2) is 9.42 Å². The number of aromatic nitrogens is 5. The molecular formula is C12H10ClN7O3. The van der Waals surface area contributed by atoms with E-state index in [1.807, 2.05) is 0 Å². The minimum atomic E-state index is -1.22. The van der Waals surface area contributed by atoms with Gasteiger partial charge in [-0.1, -0.05) is 16.8 Å². The first-order valence-corrected chi connectivity index (χ1v) is 6.70. The van der Waals surface area contributed by atoms with Crippen LogP contribution in [0.3, 0.4) is 0 Å². The highest BCUT2D eigenvalue weighted by molar-refractivity contribution is 6.30. The maximum atomic E-state index is 11.3. The molecule has 0 saturated carbocycles. The summed E-state index contributed by atoms with van der Waals surface area (Å²) in [7, 11) is 0. The molecule has 2 aromatic heterocycles. The summed E-state index contributed by atoms with van der Waals surface area (Å²) >= 11 is 5.82. The summed E-state index contributed by atoms with van der Waals surface area (Å²) in [6, 6.07) is 6.92. The first-order valence-electron chi connectivity index (χ1n) is 6.32. The molecule has 0 bridgehead atoms. The Morgan fingerprint density at radius 2 is 2.09 bits per heavy atom. The molecule has 11 heteroatoms. The summed E-state index contributed by atoms with van der Waals surface area (Å²) in [4.78, 5) is 11.3. The van der Waals surface area contributed by atoms with E-state index in [1.54, 1.807) is 24.3 Å². The second-order valence-electron chi connectivity index (χ2n) is 4.44. The Morgan fingerprint density at radius 3 is 2.70 bits per heavy atom. The van der Waals surface area contributed by atoms with Crippen LogP contribution in [0.4, 0.5) is 11.5 Å². The molecule has 3 rings (SSSR count). The van der Waals surface area contributed by atoms with Gasteiger partial charge in [-0.2, -0.15) is 4.68 Å². The molecule has 0 aliphatic heterocycles. The molecule has 2 heterocycles. The number of aromatic carboxylic acids is 1. The van der Waals surface area contributed by atoms with E-state index in [0.29, 0.717) is 5.02 Å². The van der Waals surface area contributed by atoms with E-state index >= 15 is 0 Å². The highest BCUT2D eigenvalue weighted by Gasteiger charge is 2.23. The normalized spacial score (nSPS) is 10.7. The van der Waals surface area contributed by atoms with Crippen molar-refractivity contribution in [3.8, 4) is 5.82 Å². The Morgan fingerprint density at radius 1 is 1.35 bits per heavy atom. The Bertz CT molecular complexity index is 843. The van der Waals surface area contributed by atoms with E-state index in [-0.39, 0.29) is 29.6 Å². The highest BCUT2D eigenvalue weighted by Crippen LogP contribution is 2.18. The minimum Gasteiger partial charge on any atom is -0.476 e. The van der Waals surface area contributed by atoms with Gasteiger partial charge in [0.2, 0.25) is 11.6 Å². The molecule has 0 atom stereocenters. The van der Waals surface area contributed by atoms with Crippen molar-refractivity contribution in [1.82, 2.24) is 25.3 Å². The number of carboxylic acids is 1. The van der Waals surface area contributed by atoms with Gasteiger partial charge in [-0.3, -0.25) is 0 Å². The van der Waals surface area contributed by atoms with Crippen LogP contribution < -0.4 is 11.1 Å². The molecule has 0 unspecified atom stereocenters. The van der Waals surface area contributed by atoms with Crippen molar-refractivity contribution in [2.45, 2.75) is 6.54 Å². The molecule has 0 aliphatic carbocycles. The van der Waals surface area contributed by atoms with E-state index in [4.69, 9.17) is 17.3 Å². The average Bonchev–Trinajstić information content (AvgIpc) is 3.12. The van der Waals surface area contributed by atoms with Crippen LogP contribution in [0.2, 0.25) is 5.02 Å². The zero-order valence-electron chi connectivity index (χ0n) is 11.5. The van der Waals surface area contributed by atoms with Gasteiger partial charge in [0, 0.05) is 10.7 Å². The molecule has 0 aliphatic rings. The largest absolute Gasteiger partial charge is 0.476 e. The SMILES string of the molecule is Nc1nonc1-n1nnc(C(=O)O)c1CNc1ccc(Cl)cc1. The van der Waals surface area contributed by atoms with Crippen LogP contribution in [-0.4, -0.2) is 36.4 Å². The Kier molecular flexibility index (Phi) is 3.81. The van der Waals surface area contributed by atoms with Crippen LogP contribution in [0.5, 0.6) is 0 Å². The van der Waals surface area contributed by atoms with Gasteiger partial charge in [0.05, 0.1) is 6.54 Å². The van der Waals surface area contributed by atoms with Gasteiger partial charge in [-0.15, -0.1) is 5.10 Å². The monoisotopic (exact) mass is 335 g/mol. The number of halogens is 1. The third-order valence-corrected chi connectivity index (χ3v) is 3.22. The number of hydrogen-bond donors (Lipinski definition) is 3. The number of carbonyl (C=O) groups is 1. The summed E-state index contributed by atoms with van der Waals surface area (Å²) in [5.41, 5.74) is 6.37. The summed E-state index contributed by atoms with van der Waals surface area (Å²) < 4.78 is 5.67. The Balaban J connectivity index is 1.93. The zero-order valence-corrected chi connectivity index (χ0v) is 12.2. The third-order valence-electron chi connectivity index (χ3n) is 2.97. The molecule has 10 nitrogen and oxygen atoms in total. The van der Waals surface area contributed by atoms with Crippen molar-refractivity contribution < 1.29 is 14.5 Å². The summed E-state index contributed by atoms with van der Waals surface area (Å²) in [6.45, 7) is 0.114. The fourth-order valence-corrected chi connectivity index (χ4v) is 2.01. The average molecular weight is 336 g/mol. The van der Waals surface area contributed by atoms with Crippen molar-refractivity contribution in [2.24, 2.45) is 0 Å². The fraction of sp³-hybridized carbons (Fsp3) is 0.0833. The van der Waals surface area contributed by atoms with Gasteiger partial charge in [0.1, 0.15) is 5.69 Å². The van der Waals surface area contributed by atoms with E-state index in [2.05, 4.69) is 30.6 Å². The van der Waals surface area contributed by atoms with Crippen LogP contribution >= 0.6 is 11.6 Å². The molecule has 4 N–H and O–H groups in total. The lowest BCUT2D eigenvalue weighted by molar-refractivity contribution is 0.0689. The van der Waals surface area contributed by atoms with Crippen molar-refractivity contribution in [3.05, 3.63) is 40.7 Å². The lowest BCUT2D eigenvalue weighted by Gasteiger charge is -2.08. The smallest absolute Gasteiger partial charge is 0.358 e. The van der Waals surface area contributed by atoms with Crippen LogP contribution in [0.25, 0.3) is 5.82 Å². The van der Waals surface area contributed by atoms with Crippen LogP contribution in [0.15, 0.2) is 28.9 Å². The first-order chi connectivity index (χ1) is 11.1. The number of nitrogen functional groups attached to an aromatic ring is 1. The zero-order chi connectivity index (χ0) is 16.4. The van der Waals surface area contributed by atoms with Crippen molar-refractivity contribution in [3.63, 3.8) is 0 Å². The number of anilines is 2. The summed E-state index contributed by atoms with van der Waals surface area (Å²) in [6.07, 6.45) is 0. The van der Waals surface area contributed by atoms with E-state index < -0.39 is 5.97 Å². The quantitative estimate of drug-likeness (QED) is 0.625. The molecule has 0 spiro atoms. The van der Waals surface area contributed by atoms with Gasteiger partial charge in [0.25, 0.3) is 0 Å².